The average Bonchev–Trinajstić information content (AvgIpc) is 2.41. The SMILES string of the molecule is CCN(C(=O)CN(C)CC(C)C(=O)O)c1ccc(F)cc1. The van der Waals surface area contributed by atoms with Gasteiger partial charge in [0.2, 0.25) is 5.91 Å². The van der Waals surface area contributed by atoms with Crippen LogP contribution in [0.3, 0.4) is 0 Å². The quantitative estimate of drug-likeness (QED) is 0.834. The van der Waals surface area contributed by atoms with E-state index in [2.05, 4.69) is 0 Å². The largest absolute Gasteiger partial charge is 0.481 e. The van der Waals surface area contributed by atoms with Gasteiger partial charge in [0.1, 0.15) is 5.82 Å². The predicted octanol–water partition coefficient (Wildman–Crippen LogP) is 1.83. The molecule has 0 heterocycles. The Bertz CT molecular complexity index is 490. The second kappa shape index (κ2) is 7.73. The first-order valence-electron chi connectivity index (χ1n) is 6.82. The van der Waals surface area contributed by atoms with Crippen molar-refractivity contribution in [1.29, 1.82) is 0 Å². The number of amides is 1. The summed E-state index contributed by atoms with van der Waals surface area (Å²) in [6, 6.07) is 5.72. The Labute approximate surface area is 124 Å². The van der Waals surface area contributed by atoms with E-state index in [-0.39, 0.29) is 18.3 Å². The summed E-state index contributed by atoms with van der Waals surface area (Å²) in [4.78, 5) is 26.3. The molecule has 0 bridgehead atoms. The van der Waals surface area contributed by atoms with E-state index in [1.807, 2.05) is 6.92 Å². The van der Waals surface area contributed by atoms with E-state index in [9.17, 15) is 14.0 Å². The number of anilines is 1. The van der Waals surface area contributed by atoms with Gasteiger partial charge in [-0.15, -0.1) is 0 Å². The summed E-state index contributed by atoms with van der Waals surface area (Å²) >= 11 is 0. The van der Waals surface area contributed by atoms with Crippen LogP contribution in [0.4, 0.5) is 10.1 Å². The number of rotatable bonds is 7. The molecular formula is C15H21FN2O3. The molecule has 1 rings (SSSR count). The number of likely N-dealkylation sites (N-methyl/N-ethyl adjacent to an activating group) is 2. The lowest BCUT2D eigenvalue weighted by molar-refractivity contribution is -0.142. The van der Waals surface area contributed by atoms with Gasteiger partial charge >= 0.3 is 5.97 Å². The molecule has 1 unspecified atom stereocenters. The normalized spacial score (nSPS) is 12.2. The summed E-state index contributed by atoms with van der Waals surface area (Å²) < 4.78 is 12.9. The van der Waals surface area contributed by atoms with Gasteiger partial charge in [-0.2, -0.15) is 0 Å². The van der Waals surface area contributed by atoms with Crippen molar-refractivity contribution >= 4 is 17.6 Å². The van der Waals surface area contributed by atoms with Crippen LogP contribution in [0.2, 0.25) is 0 Å². The molecule has 6 heteroatoms. The van der Waals surface area contributed by atoms with E-state index in [0.29, 0.717) is 18.8 Å². The number of carboxylic acid groups (broad SMARTS) is 1. The molecule has 0 saturated heterocycles. The van der Waals surface area contributed by atoms with Crippen LogP contribution in [0.1, 0.15) is 13.8 Å². The van der Waals surface area contributed by atoms with E-state index < -0.39 is 11.9 Å². The highest BCUT2D eigenvalue weighted by atomic mass is 19.1. The van der Waals surface area contributed by atoms with Crippen LogP contribution in [-0.4, -0.2) is 48.6 Å². The molecule has 5 nitrogen and oxygen atoms in total. The molecule has 1 atom stereocenters. The maximum atomic E-state index is 12.9. The van der Waals surface area contributed by atoms with Crippen LogP contribution < -0.4 is 4.90 Å². The molecule has 116 valence electrons. The zero-order valence-electron chi connectivity index (χ0n) is 12.5. The predicted molar refractivity (Wildman–Crippen MR) is 78.7 cm³/mol. The van der Waals surface area contributed by atoms with Gasteiger partial charge in [-0.25, -0.2) is 4.39 Å². The Kier molecular flexibility index (Phi) is 6.30. The van der Waals surface area contributed by atoms with Crippen LogP contribution in [0.5, 0.6) is 0 Å². The summed E-state index contributed by atoms with van der Waals surface area (Å²) in [7, 11) is 1.70. The summed E-state index contributed by atoms with van der Waals surface area (Å²) in [6.45, 7) is 4.31. The molecule has 0 aliphatic rings. The highest BCUT2D eigenvalue weighted by Crippen LogP contribution is 2.15. The smallest absolute Gasteiger partial charge is 0.307 e. The van der Waals surface area contributed by atoms with Gasteiger partial charge in [-0.1, -0.05) is 6.92 Å². The van der Waals surface area contributed by atoms with Gasteiger partial charge in [-0.3, -0.25) is 14.5 Å². The lowest BCUT2D eigenvalue weighted by atomic mass is 10.2. The monoisotopic (exact) mass is 296 g/mol. The molecule has 21 heavy (non-hydrogen) atoms. The van der Waals surface area contributed by atoms with Crippen LogP contribution in [-0.2, 0) is 9.59 Å². The molecule has 1 aromatic carbocycles. The first-order valence-corrected chi connectivity index (χ1v) is 6.82. The summed E-state index contributed by atoms with van der Waals surface area (Å²) in [5, 5.41) is 8.87. The third-order valence-corrected chi connectivity index (χ3v) is 3.17. The molecule has 0 radical (unpaired) electrons. The van der Waals surface area contributed by atoms with Crippen molar-refractivity contribution < 1.29 is 19.1 Å². The van der Waals surface area contributed by atoms with E-state index in [0.717, 1.165) is 0 Å². The number of hydrogen-bond acceptors (Lipinski definition) is 3. The maximum Gasteiger partial charge on any atom is 0.307 e. The van der Waals surface area contributed by atoms with Gasteiger partial charge in [0.25, 0.3) is 0 Å². The number of carbonyl (C=O) groups is 2. The zero-order valence-corrected chi connectivity index (χ0v) is 12.5. The van der Waals surface area contributed by atoms with Gasteiger partial charge in [0, 0.05) is 18.8 Å². The fourth-order valence-electron chi connectivity index (χ4n) is 2.05. The number of nitrogens with zero attached hydrogens (tertiary/aromatic N) is 2. The highest BCUT2D eigenvalue weighted by Gasteiger charge is 2.19. The van der Waals surface area contributed by atoms with Crippen LogP contribution in [0, 0.1) is 11.7 Å². The first kappa shape index (κ1) is 17.1. The Morgan fingerprint density at radius 3 is 2.33 bits per heavy atom. The van der Waals surface area contributed by atoms with Gasteiger partial charge in [0.05, 0.1) is 12.5 Å². The van der Waals surface area contributed by atoms with Crippen LogP contribution in [0.25, 0.3) is 0 Å². The third-order valence-electron chi connectivity index (χ3n) is 3.17. The molecule has 0 aromatic heterocycles. The minimum absolute atomic E-state index is 0.114. The molecular weight excluding hydrogens is 275 g/mol. The van der Waals surface area contributed by atoms with Crippen LogP contribution in [0.15, 0.2) is 24.3 Å². The van der Waals surface area contributed by atoms with Crippen molar-refractivity contribution in [3.63, 3.8) is 0 Å². The zero-order chi connectivity index (χ0) is 16.0. The fourth-order valence-corrected chi connectivity index (χ4v) is 2.05. The standard InChI is InChI=1S/C15H21FN2O3/c1-4-18(13-7-5-12(16)6-8-13)14(19)10-17(3)9-11(2)15(20)21/h5-8,11H,4,9-10H2,1-3H3,(H,20,21). The molecule has 0 aliphatic heterocycles. The topological polar surface area (TPSA) is 60.9 Å². The Balaban J connectivity index is 2.67. The minimum atomic E-state index is -0.889. The molecule has 0 fully saturated rings. The summed E-state index contributed by atoms with van der Waals surface area (Å²) in [5.41, 5.74) is 0.628. The molecule has 0 spiro atoms. The van der Waals surface area contributed by atoms with Gasteiger partial charge < -0.3 is 10.0 Å². The maximum absolute atomic E-state index is 12.9. The van der Waals surface area contributed by atoms with Crippen molar-refractivity contribution in [1.82, 2.24) is 4.90 Å². The number of hydrogen-bond donors (Lipinski definition) is 1. The second-order valence-corrected chi connectivity index (χ2v) is 5.05. The van der Waals surface area contributed by atoms with Gasteiger partial charge in [0.15, 0.2) is 0 Å². The van der Waals surface area contributed by atoms with E-state index >= 15 is 0 Å². The lowest BCUT2D eigenvalue weighted by Crippen LogP contribution is -2.41. The fraction of sp³-hybridized carbons (Fsp3) is 0.467. The Morgan fingerprint density at radius 2 is 1.86 bits per heavy atom. The van der Waals surface area contributed by atoms with E-state index in [4.69, 9.17) is 5.11 Å². The summed E-state index contributed by atoms with van der Waals surface area (Å²) in [5.74, 6) is -1.93. The molecule has 1 aromatic rings. The van der Waals surface area contributed by atoms with Crippen molar-refractivity contribution in [2.24, 2.45) is 5.92 Å². The molecule has 1 amide bonds. The van der Waals surface area contributed by atoms with E-state index in [1.54, 1.807) is 35.9 Å². The Morgan fingerprint density at radius 1 is 1.29 bits per heavy atom. The van der Waals surface area contributed by atoms with Crippen molar-refractivity contribution in [2.45, 2.75) is 13.8 Å². The van der Waals surface area contributed by atoms with Crippen LogP contribution >= 0.6 is 0 Å². The second-order valence-electron chi connectivity index (χ2n) is 5.05. The number of carboxylic acids is 1. The summed E-state index contributed by atoms with van der Waals surface area (Å²) in [6.07, 6.45) is 0. The minimum Gasteiger partial charge on any atom is -0.481 e. The molecule has 1 N–H and O–H groups in total. The molecule has 0 saturated carbocycles. The van der Waals surface area contributed by atoms with Crippen molar-refractivity contribution in [2.75, 3.05) is 31.6 Å². The third kappa shape index (κ3) is 5.15. The van der Waals surface area contributed by atoms with Crippen molar-refractivity contribution in [3.8, 4) is 0 Å². The average molecular weight is 296 g/mol. The molecule has 0 aliphatic carbocycles. The van der Waals surface area contributed by atoms with Gasteiger partial charge in [-0.05, 0) is 38.2 Å². The highest BCUT2D eigenvalue weighted by molar-refractivity contribution is 5.94. The number of aliphatic carboxylic acids is 1. The van der Waals surface area contributed by atoms with Crippen molar-refractivity contribution in [3.05, 3.63) is 30.1 Å². The first-order chi connectivity index (χ1) is 9.85. The van der Waals surface area contributed by atoms with E-state index in [1.165, 1.54) is 12.1 Å². The number of benzene rings is 1. The lowest BCUT2D eigenvalue weighted by Gasteiger charge is -2.25. The number of carbonyl (C=O) groups excluding carboxylic acids is 1. The number of halogens is 1. The Hall–Kier alpha value is -1.95.